The summed E-state index contributed by atoms with van der Waals surface area (Å²) in [4.78, 5) is 0. The Hall–Kier alpha value is -1.76. The summed E-state index contributed by atoms with van der Waals surface area (Å²) in [5.41, 5.74) is 4.53. The molecular weight excluding hydrogens is 280 g/mol. The standard InChI is InChI=1S/C22H30O/c1-15(16-11-9-8-10-12-16)18-13-17(21(2,3)4)14-19(20(18)23)22(5,6)7/h8-15,23H,1-7H3. The maximum absolute atomic E-state index is 10.9. The first-order valence-corrected chi connectivity index (χ1v) is 8.44. The van der Waals surface area contributed by atoms with E-state index in [4.69, 9.17) is 0 Å². The molecule has 2 rings (SSSR count). The largest absolute Gasteiger partial charge is 0.507 e. The Kier molecular flexibility index (Phi) is 4.61. The van der Waals surface area contributed by atoms with Gasteiger partial charge in [-0.3, -0.25) is 0 Å². The summed E-state index contributed by atoms with van der Waals surface area (Å²) in [6.45, 7) is 15.3. The number of hydrogen-bond acceptors (Lipinski definition) is 1. The highest BCUT2D eigenvalue weighted by atomic mass is 16.3. The van der Waals surface area contributed by atoms with Crippen LogP contribution in [-0.4, -0.2) is 5.11 Å². The molecule has 1 unspecified atom stereocenters. The smallest absolute Gasteiger partial charge is 0.123 e. The van der Waals surface area contributed by atoms with E-state index in [1.54, 1.807) is 0 Å². The Morgan fingerprint density at radius 2 is 1.39 bits per heavy atom. The van der Waals surface area contributed by atoms with Crippen molar-refractivity contribution in [1.29, 1.82) is 0 Å². The monoisotopic (exact) mass is 310 g/mol. The van der Waals surface area contributed by atoms with Crippen molar-refractivity contribution in [2.24, 2.45) is 0 Å². The average molecular weight is 310 g/mol. The maximum atomic E-state index is 10.9. The summed E-state index contributed by atoms with van der Waals surface area (Å²) in [5, 5.41) is 10.9. The number of phenols is 1. The molecular formula is C22H30O. The molecule has 1 heteroatoms. The van der Waals surface area contributed by atoms with Gasteiger partial charge in [0.2, 0.25) is 0 Å². The SMILES string of the molecule is CC(c1ccccc1)c1cc(C(C)(C)C)cc(C(C)(C)C)c1O. The van der Waals surface area contributed by atoms with Gasteiger partial charge in [-0.25, -0.2) is 0 Å². The third-order valence-electron chi connectivity index (χ3n) is 4.58. The summed E-state index contributed by atoms with van der Waals surface area (Å²) in [6.07, 6.45) is 0. The van der Waals surface area contributed by atoms with Gasteiger partial charge in [-0.05, 0) is 27.5 Å². The molecule has 0 aliphatic rings. The minimum Gasteiger partial charge on any atom is -0.507 e. The highest BCUT2D eigenvalue weighted by molar-refractivity contribution is 5.52. The third-order valence-corrected chi connectivity index (χ3v) is 4.58. The number of aromatic hydroxyl groups is 1. The van der Waals surface area contributed by atoms with Gasteiger partial charge in [-0.15, -0.1) is 0 Å². The van der Waals surface area contributed by atoms with Gasteiger partial charge in [0.15, 0.2) is 0 Å². The predicted octanol–water partition coefficient (Wildman–Crippen LogP) is 6.14. The van der Waals surface area contributed by atoms with E-state index in [9.17, 15) is 5.11 Å². The Morgan fingerprint density at radius 1 is 0.826 bits per heavy atom. The van der Waals surface area contributed by atoms with Crippen LogP contribution in [0.15, 0.2) is 42.5 Å². The molecule has 0 radical (unpaired) electrons. The minimum absolute atomic E-state index is 0.0544. The molecule has 0 amide bonds. The molecule has 0 saturated carbocycles. The van der Waals surface area contributed by atoms with E-state index >= 15 is 0 Å². The molecule has 0 fully saturated rings. The number of rotatable bonds is 2. The lowest BCUT2D eigenvalue weighted by Crippen LogP contribution is -2.18. The van der Waals surface area contributed by atoms with Crippen LogP contribution >= 0.6 is 0 Å². The molecule has 0 aliphatic carbocycles. The molecule has 1 atom stereocenters. The first-order valence-electron chi connectivity index (χ1n) is 8.44. The van der Waals surface area contributed by atoms with Crippen LogP contribution in [0.25, 0.3) is 0 Å². The van der Waals surface area contributed by atoms with E-state index in [2.05, 4.69) is 84.9 Å². The Bertz CT molecular complexity index is 670. The molecule has 1 N–H and O–H groups in total. The van der Waals surface area contributed by atoms with Crippen molar-refractivity contribution in [1.82, 2.24) is 0 Å². The van der Waals surface area contributed by atoms with E-state index in [-0.39, 0.29) is 16.7 Å². The third kappa shape index (κ3) is 3.77. The Labute approximate surface area is 141 Å². The van der Waals surface area contributed by atoms with Gasteiger partial charge in [-0.2, -0.15) is 0 Å². The summed E-state index contributed by atoms with van der Waals surface area (Å²) in [7, 11) is 0. The van der Waals surface area contributed by atoms with Crippen molar-refractivity contribution in [3.05, 3.63) is 64.7 Å². The fourth-order valence-corrected chi connectivity index (χ4v) is 2.91. The van der Waals surface area contributed by atoms with Crippen LogP contribution in [0, 0.1) is 0 Å². The molecule has 0 saturated heterocycles. The van der Waals surface area contributed by atoms with Crippen LogP contribution in [0.2, 0.25) is 0 Å². The van der Waals surface area contributed by atoms with Gasteiger partial charge >= 0.3 is 0 Å². The second-order valence-electron chi connectivity index (χ2n) is 8.59. The van der Waals surface area contributed by atoms with Crippen molar-refractivity contribution in [3.63, 3.8) is 0 Å². The summed E-state index contributed by atoms with van der Waals surface area (Å²) in [5.74, 6) is 0.612. The van der Waals surface area contributed by atoms with Crippen molar-refractivity contribution >= 4 is 0 Å². The lowest BCUT2D eigenvalue weighted by Gasteiger charge is -2.29. The molecule has 0 bridgehead atoms. The first kappa shape index (κ1) is 17.6. The zero-order valence-electron chi connectivity index (χ0n) is 15.6. The van der Waals surface area contributed by atoms with Gasteiger partial charge < -0.3 is 5.11 Å². The molecule has 124 valence electrons. The summed E-state index contributed by atoms with van der Waals surface area (Å²) < 4.78 is 0. The van der Waals surface area contributed by atoms with Crippen molar-refractivity contribution in [3.8, 4) is 5.75 Å². The fraction of sp³-hybridized carbons (Fsp3) is 0.455. The molecule has 0 heterocycles. The quantitative estimate of drug-likeness (QED) is 0.706. The van der Waals surface area contributed by atoms with Gasteiger partial charge in [0.1, 0.15) is 5.75 Å². The van der Waals surface area contributed by atoms with Crippen molar-refractivity contribution in [2.45, 2.75) is 65.2 Å². The lowest BCUT2D eigenvalue weighted by molar-refractivity contribution is 0.436. The van der Waals surface area contributed by atoms with Crippen molar-refractivity contribution < 1.29 is 5.11 Å². The average Bonchev–Trinajstić information content (AvgIpc) is 2.45. The lowest BCUT2D eigenvalue weighted by atomic mass is 9.77. The van der Waals surface area contributed by atoms with E-state index in [0.717, 1.165) is 11.1 Å². The second kappa shape index (κ2) is 6.03. The normalized spacial score (nSPS) is 13.9. The Balaban J connectivity index is 2.67. The molecule has 23 heavy (non-hydrogen) atoms. The molecule has 0 aliphatic heterocycles. The van der Waals surface area contributed by atoms with Crippen LogP contribution in [0.4, 0.5) is 0 Å². The molecule has 0 aromatic heterocycles. The van der Waals surface area contributed by atoms with Gasteiger partial charge in [0.25, 0.3) is 0 Å². The fourth-order valence-electron chi connectivity index (χ4n) is 2.91. The van der Waals surface area contributed by atoms with E-state index in [1.165, 1.54) is 11.1 Å². The van der Waals surface area contributed by atoms with Crippen LogP contribution in [0.5, 0.6) is 5.75 Å². The number of hydrogen-bond donors (Lipinski definition) is 1. The van der Waals surface area contributed by atoms with Gasteiger partial charge in [-0.1, -0.05) is 90.9 Å². The second-order valence-corrected chi connectivity index (χ2v) is 8.59. The van der Waals surface area contributed by atoms with E-state index < -0.39 is 0 Å². The Morgan fingerprint density at radius 3 is 1.87 bits per heavy atom. The summed E-state index contributed by atoms with van der Waals surface area (Å²) in [6, 6.07) is 14.8. The molecule has 1 nitrogen and oxygen atoms in total. The highest BCUT2D eigenvalue weighted by Gasteiger charge is 2.26. The van der Waals surface area contributed by atoms with Crippen LogP contribution in [0.3, 0.4) is 0 Å². The van der Waals surface area contributed by atoms with Crippen LogP contribution in [-0.2, 0) is 10.8 Å². The molecule has 0 spiro atoms. The molecule has 2 aromatic carbocycles. The minimum atomic E-state index is -0.0868. The van der Waals surface area contributed by atoms with Gasteiger partial charge in [0, 0.05) is 11.5 Å². The van der Waals surface area contributed by atoms with E-state index in [0.29, 0.717) is 5.75 Å². The van der Waals surface area contributed by atoms with Crippen LogP contribution in [0.1, 0.15) is 76.6 Å². The van der Waals surface area contributed by atoms with Crippen LogP contribution < -0.4 is 0 Å². The maximum Gasteiger partial charge on any atom is 0.123 e. The zero-order chi connectivity index (χ0) is 17.4. The number of phenolic OH excluding ortho intramolecular Hbond substituents is 1. The molecule has 2 aromatic rings. The topological polar surface area (TPSA) is 20.2 Å². The van der Waals surface area contributed by atoms with Crippen molar-refractivity contribution in [2.75, 3.05) is 0 Å². The zero-order valence-corrected chi connectivity index (χ0v) is 15.6. The van der Waals surface area contributed by atoms with Gasteiger partial charge in [0.05, 0.1) is 0 Å². The van der Waals surface area contributed by atoms with E-state index in [1.807, 2.05) is 6.07 Å². The highest BCUT2D eigenvalue weighted by Crippen LogP contribution is 2.41. The summed E-state index contributed by atoms with van der Waals surface area (Å²) >= 11 is 0. The first-order chi connectivity index (χ1) is 10.5. The predicted molar refractivity (Wildman–Crippen MR) is 99.5 cm³/mol. The number of benzene rings is 2.